The third-order valence-corrected chi connectivity index (χ3v) is 7.05. The Labute approximate surface area is 224 Å². The number of nitrogens with zero attached hydrogens (tertiary/aromatic N) is 1. The van der Waals surface area contributed by atoms with Crippen molar-refractivity contribution in [3.63, 3.8) is 0 Å². The lowest BCUT2D eigenvalue weighted by Crippen LogP contribution is -2.63. The normalized spacial score (nSPS) is 21.5. The van der Waals surface area contributed by atoms with Crippen LogP contribution < -0.4 is 21.5 Å². The Morgan fingerprint density at radius 1 is 1.14 bits per heavy atom. The van der Waals surface area contributed by atoms with Crippen molar-refractivity contribution in [2.24, 2.45) is 17.4 Å². The summed E-state index contributed by atoms with van der Waals surface area (Å²) in [6, 6.07) is 18.3. The molecule has 1 aliphatic rings. The lowest BCUT2D eigenvalue weighted by Gasteiger charge is -2.38. The molecule has 37 heavy (non-hydrogen) atoms. The smallest absolute Gasteiger partial charge is 0.260 e. The molecule has 0 spiro atoms. The molecule has 0 aliphatic carbocycles. The van der Waals surface area contributed by atoms with Crippen molar-refractivity contribution in [3.05, 3.63) is 93.7 Å². The minimum Gasteiger partial charge on any atom is -0.494 e. The highest BCUT2D eigenvalue weighted by Gasteiger charge is 2.59. The summed E-state index contributed by atoms with van der Waals surface area (Å²) in [5.41, 5.74) is 12.0. The Bertz CT molecular complexity index is 1320. The lowest BCUT2D eigenvalue weighted by molar-refractivity contribution is -0.127. The van der Waals surface area contributed by atoms with Gasteiger partial charge in [-0.05, 0) is 54.4 Å². The van der Waals surface area contributed by atoms with Crippen LogP contribution in [-0.2, 0) is 16.1 Å². The second-order valence-electron chi connectivity index (χ2n) is 8.88. The molecule has 1 saturated heterocycles. The van der Waals surface area contributed by atoms with Gasteiger partial charge in [0.05, 0.1) is 17.5 Å². The molecular formula is C27H27Cl2FN4O3. The topological polar surface area (TPSA) is 111 Å². The SMILES string of the molecule is CCOc1cccc(CN2C[C@@H](C(N)=O)[C@H](c3cccc(Cl)c3F)[C@]2(N)C(=O)Nc2cccc(Cl)c2)c1. The van der Waals surface area contributed by atoms with Gasteiger partial charge in [0.2, 0.25) is 5.91 Å². The van der Waals surface area contributed by atoms with Gasteiger partial charge in [-0.2, -0.15) is 0 Å². The second-order valence-corrected chi connectivity index (χ2v) is 9.72. The van der Waals surface area contributed by atoms with Crippen LogP contribution in [0.1, 0.15) is 24.0 Å². The van der Waals surface area contributed by atoms with E-state index in [0.717, 1.165) is 5.56 Å². The van der Waals surface area contributed by atoms with Gasteiger partial charge in [-0.25, -0.2) is 4.39 Å². The molecule has 1 aliphatic heterocycles. The number of anilines is 1. The van der Waals surface area contributed by atoms with Crippen LogP contribution in [-0.4, -0.2) is 35.5 Å². The fourth-order valence-corrected chi connectivity index (χ4v) is 5.24. The molecule has 1 heterocycles. The van der Waals surface area contributed by atoms with Crippen LogP contribution in [0.4, 0.5) is 10.1 Å². The fourth-order valence-electron chi connectivity index (χ4n) is 4.86. The highest BCUT2D eigenvalue weighted by molar-refractivity contribution is 6.31. The molecule has 0 radical (unpaired) electrons. The zero-order valence-corrected chi connectivity index (χ0v) is 21.6. The van der Waals surface area contributed by atoms with Crippen molar-refractivity contribution >= 4 is 40.7 Å². The molecule has 0 bridgehead atoms. The number of carbonyl (C=O) groups excluding carboxylic acids is 2. The third kappa shape index (κ3) is 5.43. The van der Waals surface area contributed by atoms with Gasteiger partial charge in [0.1, 0.15) is 11.6 Å². The van der Waals surface area contributed by atoms with Gasteiger partial charge in [0.25, 0.3) is 5.91 Å². The molecule has 5 N–H and O–H groups in total. The maximum atomic E-state index is 15.3. The average Bonchev–Trinajstić information content (AvgIpc) is 3.15. The van der Waals surface area contributed by atoms with E-state index in [1.807, 2.05) is 31.2 Å². The van der Waals surface area contributed by atoms with E-state index in [1.165, 1.54) is 12.1 Å². The summed E-state index contributed by atoms with van der Waals surface area (Å²) in [5.74, 6) is -3.57. The summed E-state index contributed by atoms with van der Waals surface area (Å²) in [4.78, 5) is 28.2. The lowest BCUT2D eigenvalue weighted by atomic mass is 9.79. The summed E-state index contributed by atoms with van der Waals surface area (Å²) < 4.78 is 20.9. The molecule has 194 valence electrons. The van der Waals surface area contributed by atoms with E-state index in [-0.39, 0.29) is 23.7 Å². The fraction of sp³-hybridized carbons (Fsp3) is 0.259. The number of ether oxygens (including phenoxy) is 1. The minimum absolute atomic E-state index is 0.0181. The molecular weight excluding hydrogens is 518 g/mol. The average molecular weight is 545 g/mol. The number of halogens is 3. The van der Waals surface area contributed by atoms with E-state index < -0.39 is 35.1 Å². The minimum atomic E-state index is -1.88. The van der Waals surface area contributed by atoms with Gasteiger partial charge in [0, 0.05) is 29.7 Å². The van der Waals surface area contributed by atoms with Crippen molar-refractivity contribution in [2.75, 3.05) is 18.5 Å². The monoisotopic (exact) mass is 544 g/mol. The van der Waals surface area contributed by atoms with Gasteiger partial charge in [0.15, 0.2) is 5.66 Å². The maximum Gasteiger partial charge on any atom is 0.260 e. The van der Waals surface area contributed by atoms with Crippen LogP contribution in [0.5, 0.6) is 5.75 Å². The Morgan fingerprint density at radius 2 is 1.86 bits per heavy atom. The Morgan fingerprint density at radius 3 is 2.57 bits per heavy atom. The summed E-state index contributed by atoms with van der Waals surface area (Å²) >= 11 is 12.2. The van der Waals surface area contributed by atoms with Crippen molar-refractivity contribution in [3.8, 4) is 5.75 Å². The van der Waals surface area contributed by atoms with Gasteiger partial charge in [-0.3, -0.25) is 14.5 Å². The number of carbonyl (C=O) groups is 2. The number of rotatable bonds is 8. The predicted octanol–water partition coefficient (Wildman–Crippen LogP) is 4.53. The van der Waals surface area contributed by atoms with Gasteiger partial charge in [-0.1, -0.05) is 53.5 Å². The molecule has 3 atom stereocenters. The number of nitrogens with two attached hydrogens (primary N) is 2. The Hall–Kier alpha value is -3.17. The Balaban J connectivity index is 1.82. The molecule has 3 aromatic carbocycles. The van der Waals surface area contributed by atoms with Crippen LogP contribution in [0.15, 0.2) is 66.7 Å². The second kappa shape index (κ2) is 11.1. The zero-order valence-electron chi connectivity index (χ0n) is 20.1. The first kappa shape index (κ1) is 26.9. The summed E-state index contributed by atoms with van der Waals surface area (Å²) in [6.07, 6.45) is 0. The molecule has 0 unspecified atom stereocenters. The van der Waals surface area contributed by atoms with Crippen LogP contribution in [0.25, 0.3) is 0 Å². The number of primary amides is 1. The summed E-state index contributed by atoms with van der Waals surface area (Å²) in [7, 11) is 0. The largest absolute Gasteiger partial charge is 0.494 e. The van der Waals surface area contributed by atoms with E-state index in [9.17, 15) is 9.59 Å². The van der Waals surface area contributed by atoms with E-state index >= 15 is 4.39 Å². The maximum absolute atomic E-state index is 15.3. The molecule has 4 rings (SSSR count). The number of hydrogen-bond acceptors (Lipinski definition) is 5. The molecule has 0 aromatic heterocycles. The molecule has 3 aromatic rings. The first-order chi connectivity index (χ1) is 17.6. The number of amides is 2. The number of nitrogens with one attached hydrogen (secondary N) is 1. The summed E-state index contributed by atoms with van der Waals surface area (Å²) in [5, 5.41) is 3.04. The standard InChI is InChI=1S/C27H27Cl2FN4O3/c1-2-37-19-9-3-6-16(12-19)14-34-15-21(25(31)35)23(20-10-5-11-22(29)24(20)30)27(34,32)26(36)33-18-8-4-7-17(28)13-18/h3-13,21,23H,2,14-15,32H2,1H3,(H2,31,35)(H,33,36)/t21-,23+,27-/m1/s1. The molecule has 10 heteroatoms. The molecule has 0 saturated carbocycles. The first-order valence-electron chi connectivity index (χ1n) is 11.7. The van der Waals surface area contributed by atoms with Crippen LogP contribution >= 0.6 is 23.2 Å². The first-order valence-corrected chi connectivity index (χ1v) is 12.5. The van der Waals surface area contributed by atoms with Gasteiger partial charge < -0.3 is 21.5 Å². The summed E-state index contributed by atoms with van der Waals surface area (Å²) in [6.45, 7) is 2.54. The zero-order chi connectivity index (χ0) is 26.7. The number of benzene rings is 3. The molecule has 7 nitrogen and oxygen atoms in total. The molecule has 2 amide bonds. The highest BCUT2D eigenvalue weighted by Crippen LogP contribution is 2.46. The predicted molar refractivity (Wildman–Crippen MR) is 142 cm³/mol. The quantitative estimate of drug-likeness (QED) is 0.386. The van der Waals surface area contributed by atoms with Crippen molar-refractivity contribution in [1.29, 1.82) is 0 Å². The highest BCUT2D eigenvalue weighted by atomic mass is 35.5. The van der Waals surface area contributed by atoms with Gasteiger partial charge in [-0.15, -0.1) is 0 Å². The van der Waals surface area contributed by atoms with Crippen molar-refractivity contribution in [1.82, 2.24) is 4.90 Å². The van der Waals surface area contributed by atoms with E-state index in [1.54, 1.807) is 35.2 Å². The van der Waals surface area contributed by atoms with E-state index in [4.69, 9.17) is 39.4 Å². The number of likely N-dealkylation sites (tertiary alicyclic amines) is 1. The van der Waals surface area contributed by atoms with Crippen LogP contribution in [0.2, 0.25) is 10.0 Å². The van der Waals surface area contributed by atoms with Crippen molar-refractivity contribution in [2.45, 2.75) is 25.0 Å². The molecule has 1 fully saturated rings. The van der Waals surface area contributed by atoms with Crippen LogP contribution in [0.3, 0.4) is 0 Å². The van der Waals surface area contributed by atoms with Gasteiger partial charge >= 0.3 is 0 Å². The number of hydrogen-bond donors (Lipinski definition) is 3. The van der Waals surface area contributed by atoms with E-state index in [0.29, 0.717) is 23.1 Å². The van der Waals surface area contributed by atoms with E-state index in [2.05, 4.69) is 5.32 Å². The Kier molecular flexibility index (Phi) is 8.04. The van der Waals surface area contributed by atoms with Crippen molar-refractivity contribution < 1.29 is 18.7 Å². The van der Waals surface area contributed by atoms with Crippen LogP contribution in [0, 0.1) is 11.7 Å². The third-order valence-electron chi connectivity index (χ3n) is 6.53.